The van der Waals surface area contributed by atoms with Crippen LogP contribution in [0.5, 0.6) is 0 Å². The maximum Gasteiger partial charge on any atom is 0.410 e. The Hall–Kier alpha value is -5.25. The Morgan fingerprint density at radius 3 is 2.67 bits per heavy atom. The molecule has 2 aromatic heterocycles. The van der Waals surface area contributed by atoms with Crippen molar-refractivity contribution in [3.63, 3.8) is 0 Å². The number of carbonyl (C=O) groups is 1. The highest BCUT2D eigenvalue weighted by Crippen LogP contribution is 2.36. The summed E-state index contributed by atoms with van der Waals surface area (Å²) in [5.74, 6) is 0.506. The van der Waals surface area contributed by atoms with Gasteiger partial charge in [-0.3, -0.25) is 9.88 Å². The van der Waals surface area contributed by atoms with Gasteiger partial charge in [0.1, 0.15) is 30.1 Å². The SMILES string of the molecule is [C-]#[N+]C[C@H]1CN(c2nc(Cl)nc3c(C#N)c(-c4cccc5cccc(C)c45)ncc23)CCN1C(=O)OCc1ccccc1. The second kappa shape index (κ2) is 11.9. The number of fused-ring (bicyclic) bond motifs is 2. The Morgan fingerprint density at radius 1 is 1.12 bits per heavy atom. The first-order valence-corrected chi connectivity index (χ1v) is 14.2. The first-order valence-electron chi connectivity index (χ1n) is 13.8. The molecule has 212 valence electrons. The third kappa shape index (κ3) is 5.39. The summed E-state index contributed by atoms with van der Waals surface area (Å²) in [4.78, 5) is 34.0. The van der Waals surface area contributed by atoms with Crippen LogP contribution in [0, 0.1) is 24.8 Å². The predicted molar refractivity (Wildman–Crippen MR) is 166 cm³/mol. The Balaban J connectivity index is 1.34. The van der Waals surface area contributed by atoms with Crippen molar-refractivity contribution in [3.05, 3.63) is 106 Å². The molecule has 0 saturated carbocycles. The third-order valence-electron chi connectivity index (χ3n) is 7.70. The number of nitrogens with zero attached hydrogens (tertiary/aromatic N) is 7. The van der Waals surface area contributed by atoms with Crippen molar-refractivity contribution in [2.24, 2.45) is 0 Å². The van der Waals surface area contributed by atoms with Crippen molar-refractivity contribution in [1.29, 1.82) is 5.26 Å². The maximum atomic E-state index is 13.0. The minimum atomic E-state index is -0.466. The first kappa shape index (κ1) is 27.9. The number of hydrogen-bond donors (Lipinski definition) is 0. The molecule has 43 heavy (non-hydrogen) atoms. The largest absolute Gasteiger partial charge is 0.445 e. The zero-order chi connectivity index (χ0) is 29.9. The Kier molecular flexibility index (Phi) is 7.74. The van der Waals surface area contributed by atoms with E-state index in [2.05, 4.69) is 20.9 Å². The van der Waals surface area contributed by atoms with Crippen LogP contribution in [0.25, 0.3) is 37.8 Å². The number of aryl methyl sites for hydroxylation is 1. The highest BCUT2D eigenvalue weighted by Gasteiger charge is 2.35. The highest BCUT2D eigenvalue weighted by atomic mass is 35.5. The predicted octanol–water partition coefficient (Wildman–Crippen LogP) is 6.43. The van der Waals surface area contributed by atoms with Gasteiger partial charge >= 0.3 is 6.09 Å². The van der Waals surface area contributed by atoms with Crippen molar-refractivity contribution in [2.45, 2.75) is 19.6 Å². The molecule has 1 fully saturated rings. The molecule has 9 nitrogen and oxygen atoms in total. The van der Waals surface area contributed by atoms with Crippen LogP contribution in [0.3, 0.4) is 0 Å². The van der Waals surface area contributed by atoms with E-state index in [0.29, 0.717) is 47.6 Å². The average molecular weight is 588 g/mol. The summed E-state index contributed by atoms with van der Waals surface area (Å²) in [5.41, 5.74) is 4.03. The molecule has 0 radical (unpaired) electrons. The summed E-state index contributed by atoms with van der Waals surface area (Å²) in [6.07, 6.45) is 1.21. The van der Waals surface area contributed by atoms with E-state index in [9.17, 15) is 10.1 Å². The van der Waals surface area contributed by atoms with E-state index in [1.807, 2.05) is 78.6 Å². The van der Waals surface area contributed by atoms with E-state index < -0.39 is 12.1 Å². The van der Waals surface area contributed by atoms with Crippen LogP contribution in [0.2, 0.25) is 5.28 Å². The van der Waals surface area contributed by atoms with Gasteiger partial charge in [-0.25, -0.2) is 16.4 Å². The van der Waals surface area contributed by atoms with Crippen LogP contribution in [0.1, 0.15) is 16.7 Å². The molecule has 0 unspecified atom stereocenters. The molecule has 1 atom stereocenters. The van der Waals surface area contributed by atoms with Crippen molar-refractivity contribution in [2.75, 3.05) is 31.1 Å². The number of benzene rings is 3. The fraction of sp³-hybridized carbons (Fsp3) is 0.212. The van der Waals surface area contributed by atoms with Crippen LogP contribution < -0.4 is 4.90 Å². The Bertz CT molecular complexity index is 1930. The van der Waals surface area contributed by atoms with Crippen molar-refractivity contribution in [1.82, 2.24) is 19.9 Å². The smallest absolute Gasteiger partial charge is 0.410 e. The molecule has 1 amide bonds. The number of hydrogen-bond acceptors (Lipinski definition) is 7. The molecule has 1 aliphatic rings. The number of pyridine rings is 1. The topological polar surface area (TPSA) is 99.6 Å². The molecule has 1 aliphatic heterocycles. The van der Waals surface area contributed by atoms with E-state index in [1.165, 1.54) is 0 Å². The number of carbonyl (C=O) groups excluding carboxylic acids is 1. The zero-order valence-corrected chi connectivity index (χ0v) is 24.1. The lowest BCUT2D eigenvalue weighted by Crippen LogP contribution is -2.56. The van der Waals surface area contributed by atoms with Crippen LogP contribution in [-0.4, -0.2) is 58.2 Å². The molecular weight excluding hydrogens is 562 g/mol. The van der Waals surface area contributed by atoms with Gasteiger partial charge in [-0.05, 0) is 40.4 Å². The minimum absolute atomic E-state index is 0.00307. The first-order chi connectivity index (χ1) is 21.0. The average Bonchev–Trinajstić information content (AvgIpc) is 3.03. The lowest BCUT2D eigenvalue weighted by molar-refractivity contribution is 0.0789. The van der Waals surface area contributed by atoms with Crippen LogP contribution in [0.15, 0.2) is 72.9 Å². The normalized spacial score (nSPS) is 14.8. The number of aromatic nitrogens is 3. The molecule has 1 saturated heterocycles. The molecule has 6 rings (SSSR count). The molecule has 5 aromatic rings. The molecule has 3 aromatic carbocycles. The summed E-state index contributed by atoms with van der Waals surface area (Å²) >= 11 is 6.46. The molecule has 0 N–H and O–H groups in total. The van der Waals surface area contributed by atoms with Crippen LogP contribution in [-0.2, 0) is 11.3 Å². The number of anilines is 1. The summed E-state index contributed by atoms with van der Waals surface area (Å²) in [6, 6.07) is 23.4. The second-order valence-corrected chi connectivity index (χ2v) is 10.7. The molecule has 0 aliphatic carbocycles. The number of piperazine rings is 1. The third-order valence-corrected chi connectivity index (χ3v) is 7.87. The Morgan fingerprint density at radius 2 is 1.91 bits per heavy atom. The lowest BCUT2D eigenvalue weighted by atomic mass is 9.95. The number of halogens is 1. The number of ether oxygens (including phenoxy) is 1. The summed E-state index contributed by atoms with van der Waals surface area (Å²) in [5, 5.41) is 13.0. The van der Waals surface area contributed by atoms with Gasteiger partial charge < -0.3 is 14.5 Å². The Labute approximate surface area is 253 Å². The summed E-state index contributed by atoms with van der Waals surface area (Å²) < 4.78 is 5.57. The quantitative estimate of drug-likeness (QED) is 0.173. The maximum absolute atomic E-state index is 13.0. The lowest BCUT2D eigenvalue weighted by Gasteiger charge is -2.39. The van der Waals surface area contributed by atoms with Crippen molar-refractivity contribution < 1.29 is 9.53 Å². The van der Waals surface area contributed by atoms with Gasteiger partial charge in [0, 0.05) is 31.4 Å². The fourth-order valence-corrected chi connectivity index (χ4v) is 5.84. The zero-order valence-electron chi connectivity index (χ0n) is 23.4. The molecule has 0 bridgehead atoms. The van der Waals surface area contributed by atoms with Gasteiger partial charge in [0.05, 0.1) is 16.6 Å². The standard InChI is InChI=1S/C33H26ClN7O2/c1-21-8-6-11-23-12-7-13-25(28(21)23)29-26(16-35)30-27(18-37-29)31(39-32(34)38-30)40-14-15-41(24(19-40)17-36-2)33(42)43-20-22-9-4-3-5-10-22/h3-13,18,24H,14-15,17,19-20H2,1H3/t24-/m0/s1. The number of rotatable bonds is 5. The van der Waals surface area contributed by atoms with E-state index in [4.69, 9.17) is 27.9 Å². The van der Waals surface area contributed by atoms with Gasteiger partial charge in [0.2, 0.25) is 11.8 Å². The van der Waals surface area contributed by atoms with E-state index in [-0.39, 0.29) is 18.4 Å². The monoisotopic (exact) mass is 587 g/mol. The number of nitriles is 1. The second-order valence-electron chi connectivity index (χ2n) is 10.3. The minimum Gasteiger partial charge on any atom is -0.445 e. The van der Waals surface area contributed by atoms with E-state index >= 15 is 0 Å². The molecule has 3 heterocycles. The summed E-state index contributed by atoms with van der Waals surface area (Å²) in [7, 11) is 0. The van der Waals surface area contributed by atoms with Gasteiger partial charge in [-0.1, -0.05) is 66.7 Å². The molecule has 10 heteroatoms. The van der Waals surface area contributed by atoms with Crippen LogP contribution in [0.4, 0.5) is 10.6 Å². The number of amides is 1. The van der Waals surface area contributed by atoms with Crippen molar-refractivity contribution in [3.8, 4) is 17.3 Å². The molecular formula is C33H26ClN7O2. The van der Waals surface area contributed by atoms with Gasteiger partial charge in [0.25, 0.3) is 0 Å². The highest BCUT2D eigenvalue weighted by molar-refractivity contribution is 6.29. The van der Waals surface area contributed by atoms with Gasteiger partial charge in [0.15, 0.2) is 0 Å². The van der Waals surface area contributed by atoms with Gasteiger partial charge in [-0.2, -0.15) is 10.2 Å². The molecule has 0 spiro atoms. The van der Waals surface area contributed by atoms with Crippen LogP contribution >= 0.6 is 11.6 Å². The van der Waals surface area contributed by atoms with E-state index in [0.717, 1.165) is 27.5 Å². The summed E-state index contributed by atoms with van der Waals surface area (Å²) in [6.45, 7) is 10.9. The van der Waals surface area contributed by atoms with Crippen molar-refractivity contribution >= 4 is 45.2 Å². The van der Waals surface area contributed by atoms with Gasteiger partial charge in [-0.15, -0.1) is 0 Å². The van der Waals surface area contributed by atoms with E-state index in [1.54, 1.807) is 11.1 Å². The fourth-order valence-electron chi connectivity index (χ4n) is 5.68.